The molecule has 108 valence electrons. The molecular formula is C17H13N3OS. The van der Waals surface area contributed by atoms with Gasteiger partial charge in [0.25, 0.3) is 0 Å². The number of pyridine rings is 2. The van der Waals surface area contributed by atoms with Crippen LogP contribution in [0.3, 0.4) is 0 Å². The Hall–Kier alpha value is -2.53. The number of thiazole rings is 1. The molecule has 5 heteroatoms. The number of fused-ring (bicyclic) bond motifs is 2. The predicted molar refractivity (Wildman–Crippen MR) is 88.5 cm³/mol. The van der Waals surface area contributed by atoms with E-state index in [2.05, 4.69) is 39.2 Å². The largest absolute Gasteiger partial charge is 0.481 e. The fraction of sp³-hybridized carbons (Fsp3) is 0.118. The highest BCUT2D eigenvalue weighted by Crippen LogP contribution is 2.26. The molecule has 0 spiro atoms. The summed E-state index contributed by atoms with van der Waals surface area (Å²) in [5.74, 6) is 0.664. The molecule has 0 aliphatic heterocycles. The molecule has 4 aromatic rings. The van der Waals surface area contributed by atoms with Crippen LogP contribution in [0.4, 0.5) is 0 Å². The lowest BCUT2D eigenvalue weighted by Crippen LogP contribution is -1.97. The Kier molecular flexibility index (Phi) is 3.20. The minimum absolute atomic E-state index is 0.664. The number of rotatable bonds is 3. The maximum Gasteiger partial charge on any atom is 0.217 e. The molecule has 0 bridgehead atoms. The minimum Gasteiger partial charge on any atom is -0.481 e. The molecule has 0 saturated heterocycles. The van der Waals surface area contributed by atoms with Gasteiger partial charge in [-0.2, -0.15) is 0 Å². The minimum atomic E-state index is 0.664. The van der Waals surface area contributed by atoms with Gasteiger partial charge in [0.1, 0.15) is 0 Å². The van der Waals surface area contributed by atoms with Crippen LogP contribution in [0.15, 0.2) is 48.2 Å². The first-order valence-electron chi connectivity index (χ1n) is 6.93. The Labute approximate surface area is 131 Å². The van der Waals surface area contributed by atoms with E-state index in [4.69, 9.17) is 4.74 Å². The van der Waals surface area contributed by atoms with E-state index in [0.29, 0.717) is 5.88 Å². The Balaban J connectivity index is 1.78. The van der Waals surface area contributed by atoms with Crippen LogP contribution in [0, 0.1) is 0 Å². The molecule has 0 unspecified atom stereocenters. The van der Waals surface area contributed by atoms with Crippen molar-refractivity contribution >= 4 is 32.5 Å². The van der Waals surface area contributed by atoms with Gasteiger partial charge in [-0.1, -0.05) is 6.07 Å². The van der Waals surface area contributed by atoms with Crippen LogP contribution >= 0.6 is 11.3 Å². The first kappa shape index (κ1) is 13.2. The highest BCUT2D eigenvalue weighted by molar-refractivity contribution is 7.16. The highest BCUT2D eigenvalue weighted by atomic mass is 32.1. The fourth-order valence-electron chi connectivity index (χ4n) is 2.58. The molecule has 22 heavy (non-hydrogen) atoms. The molecule has 0 aliphatic rings. The van der Waals surface area contributed by atoms with Crippen molar-refractivity contribution in [2.75, 3.05) is 7.11 Å². The van der Waals surface area contributed by atoms with Gasteiger partial charge < -0.3 is 4.74 Å². The van der Waals surface area contributed by atoms with Crippen LogP contribution in [0.1, 0.15) is 11.1 Å². The second-order valence-corrected chi connectivity index (χ2v) is 5.94. The van der Waals surface area contributed by atoms with Crippen molar-refractivity contribution in [2.45, 2.75) is 6.42 Å². The third kappa shape index (κ3) is 2.29. The number of nitrogens with zero attached hydrogens (tertiary/aromatic N) is 3. The lowest BCUT2D eigenvalue weighted by molar-refractivity contribution is 0.395. The summed E-state index contributed by atoms with van der Waals surface area (Å²) in [4.78, 5) is 13.1. The molecule has 0 fully saturated rings. The van der Waals surface area contributed by atoms with Crippen molar-refractivity contribution in [3.8, 4) is 5.88 Å². The molecule has 4 nitrogen and oxygen atoms in total. The van der Waals surface area contributed by atoms with E-state index in [1.807, 2.05) is 17.8 Å². The van der Waals surface area contributed by atoms with Crippen molar-refractivity contribution in [3.05, 3.63) is 59.4 Å². The van der Waals surface area contributed by atoms with Crippen LogP contribution in [0.25, 0.3) is 21.1 Å². The van der Waals surface area contributed by atoms with Crippen LogP contribution in [-0.2, 0) is 6.42 Å². The molecule has 0 amide bonds. The number of ether oxygens (including phenoxy) is 1. The lowest BCUT2D eigenvalue weighted by Gasteiger charge is -2.09. The molecule has 0 N–H and O–H groups in total. The van der Waals surface area contributed by atoms with Gasteiger partial charge in [0.15, 0.2) is 0 Å². The third-order valence-corrected chi connectivity index (χ3v) is 4.45. The molecule has 0 atom stereocenters. The number of hydrogen-bond acceptors (Lipinski definition) is 5. The summed E-state index contributed by atoms with van der Waals surface area (Å²) in [6, 6.07) is 10.4. The topological polar surface area (TPSA) is 47.9 Å². The first-order chi connectivity index (χ1) is 10.8. The number of aromatic nitrogens is 3. The summed E-state index contributed by atoms with van der Waals surface area (Å²) in [6.07, 6.45) is 4.33. The van der Waals surface area contributed by atoms with Gasteiger partial charge in [0.2, 0.25) is 5.88 Å². The second kappa shape index (κ2) is 5.35. The van der Waals surface area contributed by atoms with Gasteiger partial charge >= 0.3 is 0 Å². The number of methoxy groups -OCH3 is 1. The maximum atomic E-state index is 5.45. The van der Waals surface area contributed by atoms with E-state index in [1.54, 1.807) is 24.6 Å². The van der Waals surface area contributed by atoms with Crippen LogP contribution < -0.4 is 4.74 Å². The predicted octanol–water partition coefficient (Wildman–Crippen LogP) is 3.84. The summed E-state index contributed by atoms with van der Waals surface area (Å²) in [7, 11) is 1.66. The molecule has 3 aromatic heterocycles. The average molecular weight is 307 g/mol. The molecule has 1 aromatic carbocycles. The Morgan fingerprint density at radius 3 is 3.00 bits per heavy atom. The summed E-state index contributed by atoms with van der Waals surface area (Å²) in [5, 5.41) is 1.02. The zero-order valence-corrected chi connectivity index (χ0v) is 12.8. The van der Waals surface area contributed by atoms with Gasteiger partial charge in [0.05, 0.1) is 28.4 Å². The number of hydrogen-bond donors (Lipinski definition) is 0. The van der Waals surface area contributed by atoms with Gasteiger partial charge in [-0.3, -0.25) is 4.98 Å². The quantitative estimate of drug-likeness (QED) is 0.577. The molecule has 0 saturated carbocycles. The van der Waals surface area contributed by atoms with E-state index in [1.165, 1.54) is 10.3 Å². The van der Waals surface area contributed by atoms with Crippen molar-refractivity contribution in [3.63, 3.8) is 0 Å². The number of benzene rings is 1. The zero-order chi connectivity index (χ0) is 14.9. The van der Waals surface area contributed by atoms with Gasteiger partial charge in [-0.15, -0.1) is 11.3 Å². The first-order valence-corrected chi connectivity index (χ1v) is 7.81. The summed E-state index contributed by atoms with van der Waals surface area (Å²) in [5.41, 5.74) is 6.06. The molecule has 0 aliphatic carbocycles. The molecule has 0 radical (unpaired) electrons. The summed E-state index contributed by atoms with van der Waals surface area (Å²) in [6.45, 7) is 0. The van der Waals surface area contributed by atoms with Crippen LogP contribution in [0.5, 0.6) is 5.88 Å². The second-order valence-electron chi connectivity index (χ2n) is 5.06. The average Bonchev–Trinajstić information content (AvgIpc) is 3.02. The molecule has 3 heterocycles. The van der Waals surface area contributed by atoms with Gasteiger partial charge in [0, 0.05) is 29.8 Å². The van der Waals surface area contributed by atoms with Gasteiger partial charge in [-0.25, -0.2) is 9.97 Å². The fourth-order valence-corrected chi connectivity index (χ4v) is 3.24. The SMILES string of the molecule is COc1nc2ccncc2cc1Cc1ccc2scnc2c1. The Bertz CT molecular complexity index is 964. The molecule has 4 rings (SSSR count). The Morgan fingerprint density at radius 1 is 1.14 bits per heavy atom. The van der Waals surface area contributed by atoms with Crippen molar-refractivity contribution in [2.24, 2.45) is 0 Å². The van der Waals surface area contributed by atoms with Crippen molar-refractivity contribution in [1.82, 2.24) is 15.0 Å². The third-order valence-electron chi connectivity index (χ3n) is 3.64. The standard InChI is InChI=1S/C17H13N3OS/c1-21-17-12(8-13-9-18-5-4-14(13)20-17)6-11-2-3-16-15(7-11)19-10-22-16/h2-5,7-10H,6H2,1H3. The molecular weight excluding hydrogens is 294 g/mol. The van der Waals surface area contributed by atoms with E-state index >= 15 is 0 Å². The van der Waals surface area contributed by atoms with Crippen LogP contribution in [-0.4, -0.2) is 22.1 Å². The monoisotopic (exact) mass is 307 g/mol. The van der Waals surface area contributed by atoms with Crippen LogP contribution in [0.2, 0.25) is 0 Å². The van der Waals surface area contributed by atoms with E-state index in [0.717, 1.165) is 28.4 Å². The summed E-state index contributed by atoms with van der Waals surface area (Å²) < 4.78 is 6.66. The zero-order valence-electron chi connectivity index (χ0n) is 12.0. The lowest BCUT2D eigenvalue weighted by atomic mass is 10.0. The smallest absolute Gasteiger partial charge is 0.217 e. The maximum absolute atomic E-state index is 5.45. The van der Waals surface area contributed by atoms with E-state index in [9.17, 15) is 0 Å². The Morgan fingerprint density at radius 2 is 2.09 bits per heavy atom. The van der Waals surface area contributed by atoms with E-state index < -0.39 is 0 Å². The van der Waals surface area contributed by atoms with Crippen molar-refractivity contribution in [1.29, 1.82) is 0 Å². The summed E-state index contributed by atoms with van der Waals surface area (Å²) >= 11 is 1.66. The normalized spacial score (nSPS) is 11.1. The van der Waals surface area contributed by atoms with Crippen molar-refractivity contribution < 1.29 is 4.74 Å². The van der Waals surface area contributed by atoms with Gasteiger partial charge in [-0.05, 0) is 29.8 Å². The van der Waals surface area contributed by atoms with E-state index in [-0.39, 0.29) is 0 Å². The highest BCUT2D eigenvalue weighted by Gasteiger charge is 2.09.